The summed E-state index contributed by atoms with van der Waals surface area (Å²) in [5, 5.41) is 2.74. The van der Waals surface area contributed by atoms with Crippen LogP contribution in [0.15, 0.2) is 146 Å². The molecule has 0 nitrogen and oxygen atoms in total. The van der Waals surface area contributed by atoms with Gasteiger partial charge in [0.05, 0.1) is 5.41 Å². The molecule has 0 saturated carbocycles. The van der Waals surface area contributed by atoms with Gasteiger partial charge in [-0.25, -0.2) is 0 Å². The summed E-state index contributed by atoms with van der Waals surface area (Å²) in [7, 11) is 0. The second kappa shape index (κ2) is 7.50. The molecule has 0 saturated heterocycles. The largest absolute Gasteiger partial charge is 0.0725 e. The number of benzene rings is 7. The molecule has 3 aliphatic rings. The molecule has 0 radical (unpaired) electrons. The highest BCUT2D eigenvalue weighted by molar-refractivity contribution is 6.23. The fourth-order valence-electron chi connectivity index (χ4n) is 8.41. The van der Waals surface area contributed by atoms with Gasteiger partial charge in [-0.15, -0.1) is 0 Å². The molecule has 0 bridgehead atoms. The van der Waals surface area contributed by atoms with E-state index in [1.54, 1.807) is 0 Å². The maximum Gasteiger partial charge on any atom is 0.0725 e. The van der Waals surface area contributed by atoms with Crippen molar-refractivity contribution in [3.8, 4) is 55.6 Å². The Labute approximate surface area is 239 Å². The predicted octanol–water partition coefficient (Wildman–Crippen LogP) is 10.5. The van der Waals surface area contributed by atoms with Crippen molar-refractivity contribution >= 4 is 10.8 Å². The van der Waals surface area contributed by atoms with E-state index in [2.05, 4.69) is 146 Å². The lowest BCUT2D eigenvalue weighted by Crippen LogP contribution is -2.25. The van der Waals surface area contributed by atoms with Gasteiger partial charge in [0.1, 0.15) is 0 Å². The number of rotatable bonds is 1. The fourth-order valence-corrected chi connectivity index (χ4v) is 8.41. The van der Waals surface area contributed by atoms with Crippen LogP contribution < -0.4 is 0 Å². The molecular weight excluding hydrogens is 492 g/mol. The lowest BCUT2D eigenvalue weighted by Gasteiger charge is -2.31. The Kier molecular flexibility index (Phi) is 3.95. The molecular formula is C41H24. The van der Waals surface area contributed by atoms with Gasteiger partial charge in [0.25, 0.3) is 0 Å². The molecule has 7 aromatic rings. The second-order valence-electron chi connectivity index (χ2n) is 11.6. The maximum atomic E-state index is 2.57. The quantitative estimate of drug-likeness (QED) is 0.204. The lowest BCUT2D eigenvalue weighted by molar-refractivity contribution is 0.795. The average Bonchev–Trinajstić information content (AvgIpc) is 3.65. The van der Waals surface area contributed by atoms with Crippen LogP contribution in [0.5, 0.6) is 0 Å². The topological polar surface area (TPSA) is 0 Å². The highest BCUT2D eigenvalue weighted by Gasteiger charge is 2.52. The minimum absolute atomic E-state index is 0.343. The molecule has 7 aromatic carbocycles. The first-order chi connectivity index (χ1) is 20.4. The van der Waals surface area contributed by atoms with Gasteiger partial charge in [-0.2, -0.15) is 0 Å². The summed E-state index contributed by atoms with van der Waals surface area (Å²) in [4.78, 5) is 0. The van der Waals surface area contributed by atoms with Crippen molar-refractivity contribution in [3.05, 3.63) is 168 Å². The molecule has 0 unspecified atom stereocenters. The number of hydrogen-bond donors (Lipinski definition) is 0. The fraction of sp³-hybridized carbons (Fsp3) is 0.0244. The summed E-state index contributed by atoms with van der Waals surface area (Å²) in [6.07, 6.45) is 0. The summed E-state index contributed by atoms with van der Waals surface area (Å²) in [5.41, 5.74) is 18.7. The van der Waals surface area contributed by atoms with Gasteiger partial charge in [-0.05, 0) is 94.7 Å². The zero-order valence-electron chi connectivity index (χ0n) is 22.4. The molecule has 3 aliphatic carbocycles. The molecule has 0 aliphatic heterocycles. The van der Waals surface area contributed by atoms with E-state index >= 15 is 0 Å². The third-order valence-corrected chi connectivity index (χ3v) is 9.83. The summed E-state index contributed by atoms with van der Waals surface area (Å²) in [6.45, 7) is 0. The molecule has 188 valence electrons. The molecule has 1 spiro atoms. The standard InChI is InChI=1S/C41H24/c1-2-12-25(13-3-1)26-17-10-18-29-30-19-11-20-32-39(30)33(38(26)29)24-37-40(32)31-16-6-9-23-36(31)41(37)34-21-7-4-14-27(34)28-15-5-8-22-35(28)41/h1-24H. The van der Waals surface area contributed by atoms with E-state index in [1.165, 1.54) is 88.7 Å². The van der Waals surface area contributed by atoms with Crippen LogP contribution in [0.2, 0.25) is 0 Å². The monoisotopic (exact) mass is 516 g/mol. The third kappa shape index (κ3) is 2.44. The Morgan fingerprint density at radius 3 is 1.59 bits per heavy atom. The van der Waals surface area contributed by atoms with Crippen LogP contribution >= 0.6 is 0 Å². The van der Waals surface area contributed by atoms with Crippen molar-refractivity contribution in [3.63, 3.8) is 0 Å². The summed E-state index contributed by atoms with van der Waals surface area (Å²) in [6, 6.07) is 54.5. The molecule has 0 fully saturated rings. The number of fused-ring (bicyclic) bond motifs is 14. The van der Waals surface area contributed by atoms with Crippen molar-refractivity contribution in [2.45, 2.75) is 5.41 Å². The summed E-state index contributed by atoms with van der Waals surface area (Å²) < 4.78 is 0. The van der Waals surface area contributed by atoms with Gasteiger partial charge in [-0.3, -0.25) is 0 Å². The molecule has 0 N–H and O–H groups in total. The van der Waals surface area contributed by atoms with Crippen LogP contribution in [0.3, 0.4) is 0 Å². The number of hydrogen-bond acceptors (Lipinski definition) is 0. The van der Waals surface area contributed by atoms with E-state index in [4.69, 9.17) is 0 Å². The van der Waals surface area contributed by atoms with E-state index in [9.17, 15) is 0 Å². The normalized spacial score (nSPS) is 14.0. The Balaban J connectivity index is 1.41. The molecule has 0 aromatic heterocycles. The lowest BCUT2D eigenvalue weighted by atomic mass is 9.70. The van der Waals surface area contributed by atoms with Crippen molar-refractivity contribution in [1.29, 1.82) is 0 Å². The molecule has 0 heteroatoms. The third-order valence-electron chi connectivity index (χ3n) is 9.83. The van der Waals surface area contributed by atoms with Crippen LogP contribution in [0.25, 0.3) is 66.4 Å². The zero-order valence-corrected chi connectivity index (χ0v) is 22.4. The molecule has 0 amide bonds. The average molecular weight is 517 g/mol. The van der Waals surface area contributed by atoms with Crippen molar-refractivity contribution < 1.29 is 0 Å². The van der Waals surface area contributed by atoms with Crippen LogP contribution in [0.4, 0.5) is 0 Å². The van der Waals surface area contributed by atoms with Crippen LogP contribution in [-0.2, 0) is 5.41 Å². The van der Waals surface area contributed by atoms with Gasteiger partial charge in [-0.1, -0.05) is 140 Å². The zero-order chi connectivity index (χ0) is 26.7. The Morgan fingerprint density at radius 2 is 0.854 bits per heavy atom. The van der Waals surface area contributed by atoms with Crippen molar-refractivity contribution in [1.82, 2.24) is 0 Å². The van der Waals surface area contributed by atoms with Gasteiger partial charge in [0, 0.05) is 0 Å². The first-order valence-electron chi connectivity index (χ1n) is 14.5. The smallest absolute Gasteiger partial charge is 0.0622 e. The maximum absolute atomic E-state index is 2.57. The highest BCUT2D eigenvalue weighted by atomic mass is 14.5. The van der Waals surface area contributed by atoms with Crippen LogP contribution in [0.1, 0.15) is 22.3 Å². The summed E-state index contributed by atoms with van der Waals surface area (Å²) >= 11 is 0. The minimum Gasteiger partial charge on any atom is -0.0622 e. The molecule has 10 rings (SSSR count). The molecule has 41 heavy (non-hydrogen) atoms. The van der Waals surface area contributed by atoms with E-state index in [0.29, 0.717) is 0 Å². The molecule has 0 heterocycles. The Hall–Kier alpha value is -5.20. The Morgan fingerprint density at radius 1 is 0.317 bits per heavy atom. The summed E-state index contributed by atoms with van der Waals surface area (Å²) in [5.74, 6) is 0. The Bertz CT molecular complexity index is 2200. The predicted molar refractivity (Wildman–Crippen MR) is 170 cm³/mol. The van der Waals surface area contributed by atoms with E-state index in [0.717, 1.165) is 0 Å². The van der Waals surface area contributed by atoms with E-state index in [1.807, 2.05) is 0 Å². The second-order valence-corrected chi connectivity index (χ2v) is 11.6. The first-order valence-corrected chi connectivity index (χ1v) is 14.5. The minimum atomic E-state index is -0.343. The van der Waals surface area contributed by atoms with Crippen molar-refractivity contribution in [2.24, 2.45) is 0 Å². The van der Waals surface area contributed by atoms with Gasteiger partial charge in [0.15, 0.2) is 0 Å². The van der Waals surface area contributed by atoms with Crippen LogP contribution in [0, 0.1) is 0 Å². The van der Waals surface area contributed by atoms with Crippen LogP contribution in [-0.4, -0.2) is 0 Å². The highest BCUT2D eigenvalue weighted by Crippen LogP contribution is 2.65. The van der Waals surface area contributed by atoms with Gasteiger partial charge < -0.3 is 0 Å². The van der Waals surface area contributed by atoms with Crippen molar-refractivity contribution in [2.75, 3.05) is 0 Å². The SMILES string of the molecule is c1ccc(-c2cccc3c2-c2cc4c(c5cccc-3c25)-c2ccccc2C42c3ccccc3-c3ccccc32)cc1. The van der Waals surface area contributed by atoms with E-state index in [-0.39, 0.29) is 5.41 Å². The van der Waals surface area contributed by atoms with Gasteiger partial charge in [0.2, 0.25) is 0 Å². The van der Waals surface area contributed by atoms with Gasteiger partial charge >= 0.3 is 0 Å². The first kappa shape index (κ1) is 21.6. The van der Waals surface area contributed by atoms with E-state index < -0.39 is 0 Å². The molecule has 0 atom stereocenters.